The third kappa shape index (κ3) is 4.78. The van der Waals surface area contributed by atoms with Crippen LogP contribution in [0.4, 0.5) is 0 Å². The minimum absolute atomic E-state index is 0.00685. The molecule has 0 bridgehead atoms. The van der Waals surface area contributed by atoms with Gasteiger partial charge in [0.05, 0.1) is 24.6 Å². The fourth-order valence-corrected chi connectivity index (χ4v) is 3.02. The van der Waals surface area contributed by atoms with Gasteiger partial charge in [-0.15, -0.1) is 0 Å². The molecule has 2 aromatic rings. The van der Waals surface area contributed by atoms with Crippen molar-refractivity contribution in [3.63, 3.8) is 0 Å². The van der Waals surface area contributed by atoms with Crippen molar-refractivity contribution in [3.8, 4) is 5.88 Å². The number of methoxy groups -OCH3 is 1. The molecular weight excluding hydrogens is 346 g/mol. The Hall–Kier alpha value is -3.03. The number of rotatable bonds is 4. The Morgan fingerprint density at radius 1 is 1.11 bits per heavy atom. The maximum absolute atomic E-state index is 12.7. The number of hydrogen-bond donors (Lipinski definition) is 1. The lowest BCUT2D eigenvalue weighted by atomic mass is 10.1. The van der Waals surface area contributed by atoms with Crippen LogP contribution in [0.15, 0.2) is 30.7 Å². The molecule has 8 nitrogen and oxygen atoms in total. The largest absolute Gasteiger partial charge is 0.481 e. The van der Waals surface area contributed by atoms with Gasteiger partial charge in [-0.3, -0.25) is 14.6 Å². The first-order valence-electron chi connectivity index (χ1n) is 8.95. The maximum Gasteiger partial charge on any atom is 0.271 e. The zero-order chi connectivity index (χ0) is 19.2. The molecule has 1 N–H and O–H groups in total. The van der Waals surface area contributed by atoms with Crippen molar-refractivity contribution < 1.29 is 14.3 Å². The second kappa shape index (κ2) is 8.57. The van der Waals surface area contributed by atoms with E-state index in [-0.39, 0.29) is 17.9 Å². The second-order valence-corrected chi connectivity index (χ2v) is 6.53. The number of nitrogens with one attached hydrogen (secondary N) is 1. The standard InChI is InChI=1S/C19H23N5O3/c1-13-10-21-16(12-20-13)18(25)23-15-4-3-8-24(9-7-15)19(26)14-5-6-17(27-2)22-11-14/h5-6,10-12,15H,3-4,7-9H2,1-2H3,(H,23,25)/t15-/m0/s1. The molecule has 1 atom stereocenters. The summed E-state index contributed by atoms with van der Waals surface area (Å²) >= 11 is 0. The zero-order valence-electron chi connectivity index (χ0n) is 15.5. The third-order valence-corrected chi connectivity index (χ3v) is 4.56. The van der Waals surface area contributed by atoms with Gasteiger partial charge < -0.3 is 15.0 Å². The van der Waals surface area contributed by atoms with E-state index in [1.807, 2.05) is 6.92 Å². The van der Waals surface area contributed by atoms with Crippen LogP contribution < -0.4 is 10.1 Å². The van der Waals surface area contributed by atoms with E-state index < -0.39 is 0 Å². The Morgan fingerprint density at radius 2 is 1.96 bits per heavy atom. The molecule has 1 saturated heterocycles. The van der Waals surface area contributed by atoms with Gasteiger partial charge in [0.1, 0.15) is 5.69 Å². The first kappa shape index (κ1) is 18.8. The van der Waals surface area contributed by atoms with E-state index in [1.54, 1.807) is 23.2 Å². The molecule has 0 aliphatic carbocycles. The summed E-state index contributed by atoms with van der Waals surface area (Å²) in [6.45, 7) is 3.06. The molecule has 27 heavy (non-hydrogen) atoms. The smallest absolute Gasteiger partial charge is 0.271 e. The lowest BCUT2D eigenvalue weighted by molar-refractivity contribution is 0.0760. The monoisotopic (exact) mass is 369 g/mol. The number of carbonyl (C=O) groups is 2. The molecule has 0 unspecified atom stereocenters. The Bertz CT molecular complexity index is 792. The minimum Gasteiger partial charge on any atom is -0.481 e. The number of aryl methyl sites for hydroxylation is 1. The van der Waals surface area contributed by atoms with Crippen LogP contribution in [-0.2, 0) is 0 Å². The number of nitrogens with zero attached hydrogens (tertiary/aromatic N) is 4. The Morgan fingerprint density at radius 3 is 2.63 bits per heavy atom. The molecule has 142 valence electrons. The highest BCUT2D eigenvalue weighted by Crippen LogP contribution is 2.15. The van der Waals surface area contributed by atoms with Gasteiger partial charge in [0, 0.05) is 37.6 Å². The van der Waals surface area contributed by atoms with Crippen molar-refractivity contribution in [2.45, 2.75) is 32.2 Å². The van der Waals surface area contributed by atoms with Crippen LogP contribution in [0.3, 0.4) is 0 Å². The maximum atomic E-state index is 12.7. The molecule has 3 rings (SSSR count). The van der Waals surface area contributed by atoms with Crippen molar-refractivity contribution >= 4 is 11.8 Å². The molecule has 2 aromatic heterocycles. The number of ether oxygens (including phenoxy) is 1. The van der Waals surface area contributed by atoms with Gasteiger partial charge in [0.2, 0.25) is 5.88 Å². The highest BCUT2D eigenvalue weighted by atomic mass is 16.5. The predicted octanol–water partition coefficient (Wildman–Crippen LogP) is 1.61. The molecule has 0 aromatic carbocycles. The van der Waals surface area contributed by atoms with Crippen LogP contribution in [0, 0.1) is 6.92 Å². The van der Waals surface area contributed by atoms with Crippen LogP contribution in [0.5, 0.6) is 5.88 Å². The van der Waals surface area contributed by atoms with Gasteiger partial charge in [0.25, 0.3) is 11.8 Å². The lowest BCUT2D eigenvalue weighted by Gasteiger charge is -2.21. The van der Waals surface area contributed by atoms with E-state index in [4.69, 9.17) is 4.74 Å². The SMILES string of the molecule is COc1ccc(C(=O)N2CCC[C@H](NC(=O)c3cnc(C)cn3)CC2)cn1. The normalized spacial score (nSPS) is 17.1. The topological polar surface area (TPSA) is 97.3 Å². The Kier molecular flexibility index (Phi) is 5.95. The van der Waals surface area contributed by atoms with Crippen LogP contribution in [-0.4, -0.2) is 57.9 Å². The average Bonchev–Trinajstić information content (AvgIpc) is 2.93. The Labute approximate surface area is 158 Å². The van der Waals surface area contributed by atoms with Gasteiger partial charge >= 0.3 is 0 Å². The highest BCUT2D eigenvalue weighted by molar-refractivity contribution is 5.94. The lowest BCUT2D eigenvalue weighted by Crippen LogP contribution is -2.37. The fraction of sp³-hybridized carbons (Fsp3) is 0.421. The first-order valence-corrected chi connectivity index (χ1v) is 8.95. The summed E-state index contributed by atoms with van der Waals surface area (Å²) in [6, 6.07) is 3.40. The summed E-state index contributed by atoms with van der Waals surface area (Å²) < 4.78 is 5.02. The van der Waals surface area contributed by atoms with Crippen molar-refractivity contribution in [1.82, 2.24) is 25.2 Å². The zero-order valence-corrected chi connectivity index (χ0v) is 15.5. The van der Waals surface area contributed by atoms with E-state index in [9.17, 15) is 9.59 Å². The average molecular weight is 369 g/mol. The van der Waals surface area contributed by atoms with E-state index in [0.717, 1.165) is 18.5 Å². The third-order valence-electron chi connectivity index (χ3n) is 4.56. The van der Waals surface area contributed by atoms with Crippen molar-refractivity contribution in [2.75, 3.05) is 20.2 Å². The molecule has 1 aliphatic rings. The summed E-state index contributed by atoms with van der Waals surface area (Å²) in [6.07, 6.45) is 6.91. The summed E-state index contributed by atoms with van der Waals surface area (Å²) in [4.78, 5) is 39.1. The van der Waals surface area contributed by atoms with Gasteiger partial charge in [-0.25, -0.2) is 9.97 Å². The van der Waals surface area contributed by atoms with Crippen molar-refractivity contribution in [3.05, 3.63) is 47.7 Å². The molecule has 2 amide bonds. The van der Waals surface area contributed by atoms with Crippen molar-refractivity contribution in [2.24, 2.45) is 0 Å². The predicted molar refractivity (Wildman–Crippen MR) is 98.6 cm³/mol. The fourth-order valence-electron chi connectivity index (χ4n) is 3.02. The quantitative estimate of drug-likeness (QED) is 0.879. The van der Waals surface area contributed by atoms with Crippen LogP contribution in [0.25, 0.3) is 0 Å². The molecule has 0 saturated carbocycles. The molecule has 1 fully saturated rings. The van der Waals surface area contributed by atoms with Gasteiger partial charge in [-0.2, -0.15) is 0 Å². The Balaban J connectivity index is 1.57. The molecule has 1 aliphatic heterocycles. The molecule has 3 heterocycles. The summed E-state index contributed by atoms with van der Waals surface area (Å²) in [5.41, 5.74) is 1.61. The van der Waals surface area contributed by atoms with Gasteiger partial charge in [-0.05, 0) is 32.3 Å². The summed E-state index contributed by atoms with van der Waals surface area (Å²) in [5.74, 6) is 0.192. The summed E-state index contributed by atoms with van der Waals surface area (Å²) in [7, 11) is 1.54. The molecular formula is C19H23N5O3. The summed E-state index contributed by atoms with van der Waals surface area (Å²) in [5, 5.41) is 3.00. The van der Waals surface area contributed by atoms with Crippen LogP contribution in [0.1, 0.15) is 45.8 Å². The molecule has 8 heteroatoms. The van der Waals surface area contributed by atoms with E-state index in [0.29, 0.717) is 36.6 Å². The minimum atomic E-state index is -0.230. The first-order chi connectivity index (χ1) is 13.1. The van der Waals surface area contributed by atoms with Gasteiger partial charge in [0.15, 0.2) is 0 Å². The van der Waals surface area contributed by atoms with E-state index >= 15 is 0 Å². The number of pyridine rings is 1. The molecule has 0 radical (unpaired) electrons. The van der Waals surface area contributed by atoms with Gasteiger partial charge in [-0.1, -0.05) is 0 Å². The van der Waals surface area contributed by atoms with Crippen LogP contribution >= 0.6 is 0 Å². The number of hydrogen-bond acceptors (Lipinski definition) is 6. The number of aromatic nitrogens is 3. The van der Waals surface area contributed by atoms with E-state index in [1.165, 1.54) is 19.5 Å². The van der Waals surface area contributed by atoms with Crippen molar-refractivity contribution in [1.29, 1.82) is 0 Å². The number of amides is 2. The highest BCUT2D eigenvalue weighted by Gasteiger charge is 2.23. The van der Waals surface area contributed by atoms with Crippen LogP contribution in [0.2, 0.25) is 0 Å². The van der Waals surface area contributed by atoms with E-state index in [2.05, 4.69) is 20.3 Å². The molecule has 0 spiro atoms. The number of likely N-dealkylation sites (tertiary alicyclic amines) is 1. The second-order valence-electron chi connectivity index (χ2n) is 6.53. The number of carbonyl (C=O) groups excluding carboxylic acids is 2.